The molecule has 94 valence electrons. The van der Waals surface area contributed by atoms with Crippen LogP contribution in [0.15, 0.2) is 28.8 Å². The third kappa shape index (κ3) is 2.53. The van der Waals surface area contributed by atoms with Gasteiger partial charge in [-0.2, -0.15) is 16.7 Å². The lowest BCUT2D eigenvalue weighted by Gasteiger charge is -2.19. The first-order chi connectivity index (χ1) is 8.83. The van der Waals surface area contributed by atoms with Crippen LogP contribution in [0, 0.1) is 0 Å². The zero-order valence-electron chi connectivity index (χ0n) is 9.60. The number of rotatable bonds is 2. The molecular formula is C12H12ClN3OS. The van der Waals surface area contributed by atoms with E-state index < -0.39 is 0 Å². The number of benzene rings is 1. The number of aromatic nitrogens is 2. The van der Waals surface area contributed by atoms with Crippen molar-refractivity contribution < 1.29 is 4.52 Å². The number of halogens is 1. The van der Waals surface area contributed by atoms with E-state index in [1.165, 1.54) is 0 Å². The molecule has 1 atom stereocenters. The van der Waals surface area contributed by atoms with Gasteiger partial charge in [-0.25, -0.2) is 0 Å². The van der Waals surface area contributed by atoms with Gasteiger partial charge in [-0.05, 0) is 24.3 Å². The SMILES string of the molecule is Clc1ccc(-c2noc(C3CSCCN3)n2)cc1. The maximum atomic E-state index is 5.85. The lowest BCUT2D eigenvalue weighted by molar-refractivity contribution is 0.342. The van der Waals surface area contributed by atoms with Crippen molar-refractivity contribution in [2.24, 2.45) is 0 Å². The van der Waals surface area contributed by atoms with Gasteiger partial charge in [0.25, 0.3) is 0 Å². The van der Waals surface area contributed by atoms with Crippen LogP contribution in [0.1, 0.15) is 11.9 Å². The first-order valence-corrected chi connectivity index (χ1v) is 7.27. The van der Waals surface area contributed by atoms with Crippen molar-refractivity contribution in [1.82, 2.24) is 15.5 Å². The van der Waals surface area contributed by atoms with Crippen molar-refractivity contribution in [3.63, 3.8) is 0 Å². The van der Waals surface area contributed by atoms with Crippen LogP contribution in [0.5, 0.6) is 0 Å². The summed E-state index contributed by atoms with van der Waals surface area (Å²) < 4.78 is 5.32. The van der Waals surface area contributed by atoms with Crippen LogP contribution in [-0.4, -0.2) is 28.2 Å². The Morgan fingerprint density at radius 3 is 2.89 bits per heavy atom. The first kappa shape index (κ1) is 12.0. The molecule has 1 fully saturated rings. The van der Waals surface area contributed by atoms with Crippen molar-refractivity contribution in [2.45, 2.75) is 6.04 Å². The van der Waals surface area contributed by atoms with Gasteiger partial charge in [0.15, 0.2) is 0 Å². The molecule has 0 aliphatic carbocycles. The smallest absolute Gasteiger partial charge is 0.244 e. The minimum absolute atomic E-state index is 0.164. The van der Waals surface area contributed by atoms with Gasteiger partial charge >= 0.3 is 0 Å². The Morgan fingerprint density at radius 1 is 1.33 bits per heavy atom. The Hall–Kier alpha value is -1.04. The van der Waals surface area contributed by atoms with Crippen LogP contribution in [0.2, 0.25) is 5.02 Å². The van der Waals surface area contributed by atoms with E-state index >= 15 is 0 Å². The second-order valence-electron chi connectivity index (χ2n) is 4.04. The zero-order chi connectivity index (χ0) is 12.4. The van der Waals surface area contributed by atoms with Gasteiger partial charge in [0.1, 0.15) is 0 Å². The molecule has 1 aromatic heterocycles. The van der Waals surface area contributed by atoms with Gasteiger partial charge in [0.05, 0.1) is 6.04 Å². The van der Waals surface area contributed by atoms with Crippen molar-refractivity contribution in [3.8, 4) is 11.4 Å². The second kappa shape index (κ2) is 5.30. The Bertz CT molecular complexity index is 522. The van der Waals surface area contributed by atoms with Gasteiger partial charge in [0.2, 0.25) is 11.7 Å². The lowest BCUT2D eigenvalue weighted by atomic mass is 10.2. The zero-order valence-corrected chi connectivity index (χ0v) is 11.2. The van der Waals surface area contributed by atoms with E-state index in [2.05, 4.69) is 15.5 Å². The highest BCUT2D eigenvalue weighted by Gasteiger charge is 2.21. The average molecular weight is 282 g/mol. The third-order valence-electron chi connectivity index (χ3n) is 2.76. The van der Waals surface area contributed by atoms with Gasteiger partial charge in [-0.3, -0.25) is 0 Å². The van der Waals surface area contributed by atoms with Crippen LogP contribution < -0.4 is 5.32 Å². The van der Waals surface area contributed by atoms with E-state index in [0.29, 0.717) is 16.7 Å². The fourth-order valence-corrected chi connectivity index (χ4v) is 2.87. The summed E-state index contributed by atoms with van der Waals surface area (Å²) in [6, 6.07) is 7.58. The third-order valence-corrected chi connectivity index (χ3v) is 4.08. The summed E-state index contributed by atoms with van der Waals surface area (Å²) in [5, 5.41) is 8.09. The highest BCUT2D eigenvalue weighted by Crippen LogP contribution is 2.24. The van der Waals surface area contributed by atoms with E-state index in [1.807, 2.05) is 36.0 Å². The van der Waals surface area contributed by atoms with Gasteiger partial charge in [0, 0.05) is 28.6 Å². The summed E-state index contributed by atoms with van der Waals surface area (Å²) in [5.74, 6) is 3.38. The maximum Gasteiger partial charge on any atom is 0.244 e. The molecule has 0 spiro atoms. The van der Waals surface area contributed by atoms with E-state index in [1.54, 1.807) is 0 Å². The molecule has 18 heavy (non-hydrogen) atoms. The van der Waals surface area contributed by atoms with Crippen molar-refractivity contribution in [2.75, 3.05) is 18.1 Å². The van der Waals surface area contributed by atoms with Gasteiger partial charge < -0.3 is 9.84 Å². The largest absolute Gasteiger partial charge is 0.337 e. The normalized spacial score (nSPS) is 19.9. The number of nitrogens with zero attached hydrogens (tertiary/aromatic N) is 2. The summed E-state index contributed by atoms with van der Waals surface area (Å²) >= 11 is 7.75. The van der Waals surface area contributed by atoms with E-state index in [-0.39, 0.29) is 6.04 Å². The molecule has 1 aliphatic heterocycles. The molecule has 6 heteroatoms. The Balaban J connectivity index is 1.82. The summed E-state index contributed by atoms with van der Waals surface area (Å²) in [5.41, 5.74) is 0.915. The lowest BCUT2D eigenvalue weighted by Crippen LogP contribution is -2.30. The molecule has 4 nitrogen and oxygen atoms in total. The standard InChI is InChI=1S/C12H12ClN3OS/c13-9-3-1-8(2-4-9)11-15-12(17-16-11)10-7-18-6-5-14-10/h1-4,10,14H,5-7H2. The average Bonchev–Trinajstić information content (AvgIpc) is 2.90. The molecule has 0 amide bonds. The molecule has 1 N–H and O–H groups in total. The van der Waals surface area contributed by atoms with Crippen LogP contribution in [0.4, 0.5) is 0 Å². The molecule has 1 aromatic carbocycles. The van der Waals surface area contributed by atoms with Crippen LogP contribution in [0.3, 0.4) is 0 Å². The fourth-order valence-electron chi connectivity index (χ4n) is 1.82. The summed E-state index contributed by atoms with van der Waals surface area (Å²) in [6.45, 7) is 0.980. The number of nitrogens with one attached hydrogen (secondary N) is 1. The highest BCUT2D eigenvalue weighted by molar-refractivity contribution is 7.99. The Morgan fingerprint density at radius 2 is 2.17 bits per heavy atom. The van der Waals surface area contributed by atoms with Crippen molar-refractivity contribution >= 4 is 23.4 Å². The number of hydrogen-bond donors (Lipinski definition) is 1. The van der Waals surface area contributed by atoms with Crippen LogP contribution >= 0.6 is 23.4 Å². The molecule has 0 bridgehead atoms. The predicted molar refractivity (Wildman–Crippen MR) is 72.8 cm³/mol. The predicted octanol–water partition coefficient (Wildman–Crippen LogP) is 2.77. The van der Waals surface area contributed by atoms with Crippen LogP contribution in [0.25, 0.3) is 11.4 Å². The molecule has 1 unspecified atom stereocenters. The second-order valence-corrected chi connectivity index (χ2v) is 5.63. The minimum Gasteiger partial charge on any atom is -0.337 e. The van der Waals surface area contributed by atoms with Crippen molar-refractivity contribution in [1.29, 1.82) is 0 Å². The van der Waals surface area contributed by atoms with E-state index in [4.69, 9.17) is 16.1 Å². The van der Waals surface area contributed by atoms with Gasteiger partial charge in [-0.15, -0.1) is 0 Å². The van der Waals surface area contributed by atoms with Gasteiger partial charge in [-0.1, -0.05) is 16.8 Å². The summed E-state index contributed by atoms with van der Waals surface area (Å²) in [4.78, 5) is 4.44. The molecular weight excluding hydrogens is 270 g/mol. The molecule has 1 aliphatic rings. The Kier molecular flexibility index (Phi) is 3.54. The molecule has 1 saturated heterocycles. The molecule has 0 radical (unpaired) electrons. The number of thioether (sulfide) groups is 1. The highest BCUT2D eigenvalue weighted by atomic mass is 35.5. The first-order valence-electron chi connectivity index (χ1n) is 5.73. The maximum absolute atomic E-state index is 5.85. The summed E-state index contributed by atoms with van der Waals surface area (Å²) in [6.07, 6.45) is 0. The van der Waals surface area contributed by atoms with E-state index in [9.17, 15) is 0 Å². The topological polar surface area (TPSA) is 51.0 Å². The van der Waals surface area contributed by atoms with E-state index in [0.717, 1.165) is 23.6 Å². The summed E-state index contributed by atoms with van der Waals surface area (Å²) in [7, 11) is 0. The van der Waals surface area contributed by atoms with Crippen LogP contribution in [-0.2, 0) is 0 Å². The molecule has 2 aromatic rings. The monoisotopic (exact) mass is 281 g/mol. The number of hydrogen-bond acceptors (Lipinski definition) is 5. The molecule has 0 saturated carbocycles. The van der Waals surface area contributed by atoms with Crippen molar-refractivity contribution in [3.05, 3.63) is 35.2 Å². The molecule has 3 rings (SSSR count). The fraction of sp³-hybridized carbons (Fsp3) is 0.333. The minimum atomic E-state index is 0.164. The Labute approximate surface area is 114 Å². The quantitative estimate of drug-likeness (QED) is 0.917. The molecule has 2 heterocycles.